The highest BCUT2D eigenvalue weighted by Crippen LogP contribution is 2.12. The van der Waals surface area contributed by atoms with Crippen LogP contribution in [0.4, 0.5) is 5.69 Å². The van der Waals surface area contributed by atoms with Crippen molar-refractivity contribution in [2.75, 3.05) is 5.73 Å². The van der Waals surface area contributed by atoms with E-state index in [1.54, 1.807) is 22.7 Å². The van der Waals surface area contributed by atoms with Crippen LogP contribution in [-0.2, 0) is 0 Å². The summed E-state index contributed by atoms with van der Waals surface area (Å²) in [4.78, 5) is 3.81. The zero-order chi connectivity index (χ0) is 7.84. The Morgan fingerprint density at radius 1 is 1.55 bits per heavy atom. The third kappa shape index (κ3) is 0.881. The van der Waals surface area contributed by atoms with Gasteiger partial charge in [0.05, 0.1) is 6.20 Å². The second kappa shape index (κ2) is 1.88. The fourth-order valence-corrected chi connectivity index (χ4v) is 0.984. The molecule has 0 saturated carbocycles. The lowest BCUT2D eigenvalue weighted by Crippen LogP contribution is -1.87. The molecule has 0 saturated heterocycles. The van der Waals surface area contributed by atoms with Gasteiger partial charge in [0.1, 0.15) is 5.65 Å². The minimum absolute atomic E-state index is 0.00981. The lowest BCUT2D eigenvalue weighted by Gasteiger charge is -1.92. The molecule has 2 heterocycles. The monoisotopic (exact) mass is 149 g/mol. The number of fused-ring (bicyclic) bond motifs is 1. The predicted octanol–water partition coefficient (Wildman–Crippen LogP) is 0.622. The molecule has 3 N–H and O–H groups in total. The average molecular weight is 149 g/mol. The van der Waals surface area contributed by atoms with Crippen molar-refractivity contribution in [1.29, 1.82) is 0 Å². The molecule has 0 aliphatic rings. The van der Waals surface area contributed by atoms with Gasteiger partial charge in [0.15, 0.2) is 0 Å². The highest BCUT2D eigenvalue weighted by Gasteiger charge is 1.97. The van der Waals surface area contributed by atoms with Crippen LogP contribution in [0.25, 0.3) is 5.65 Å². The van der Waals surface area contributed by atoms with E-state index in [9.17, 15) is 0 Å². The van der Waals surface area contributed by atoms with Crippen LogP contribution in [0.15, 0.2) is 24.5 Å². The molecule has 0 fully saturated rings. The second-order valence-corrected chi connectivity index (χ2v) is 2.32. The number of rotatable bonds is 0. The van der Waals surface area contributed by atoms with Gasteiger partial charge in [-0.1, -0.05) is 0 Å². The Labute approximate surface area is 62.9 Å². The van der Waals surface area contributed by atoms with Gasteiger partial charge in [-0.2, -0.15) is 4.98 Å². The number of hydrogen-bond acceptors (Lipinski definition) is 3. The third-order valence-electron chi connectivity index (χ3n) is 1.47. The van der Waals surface area contributed by atoms with E-state index >= 15 is 0 Å². The molecule has 11 heavy (non-hydrogen) atoms. The van der Waals surface area contributed by atoms with Gasteiger partial charge >= 0.3 is 0 Å². The molecule has 0 amide bonds. The fourth-order valence-electron chi connectivity index (χ4n) is 0.984. The van der Waals surface area contributed by atoms with E-state index < -0.39 is 0 Å². The Morgan fingerprint density at radius 2 is 2.36 bits per heavy atom. The largest absolute Gasteiger partial charge is 0.492 e. The van der Waals surface area contributed by atoms with Crippen molar-refractivity contribution in [2.24, 2.45) is 0 Å². The summed E-state index contributed by atoms with van der Waals surface area (Å²) in [6.45, 7) is 0. The summed E-state index contributed by atoms with van der Waals surface area (Å²) in [7, 11) is 0. The number of nitrogen functional groups attached to an aromatic ring is 1. The third-order valence-corrected chi connectivity index (χ3v) is 1.47. The first-order chi connectivity index (χ1) is 5.25. The summed E-state index contributed by atoms with van der Waals surface area (Å²) in [6, 6.07) is 3.44. The Balaban J connectivity index is 2.82. The lowest BCUT2D eigenvalue weighted by molar-refractivity contribution is 0.457. The number of aromatic nitrogens is 2. The number of nitrogens with two attached hydrogens (primary N) is 1. The molecule has 0 atom stereocenters. The van der Waals surface area contributed by atoms with Crippen LogP contribution in [0.1, 0.15) is 0 Å². The first kappa shape index (κ1) is 6.03. The summed E-state index contributed by atoms with van der Waals surface area (Å²) < 4.78 is 1.70. The van der Waals surface area contributed by atoms with Crippen molar-refractivity contribution in [3.8, 4) is 5.88 Å². The van der Waals surface area contributed by atoms with Crippen LogP contribution in [0.2, 0.25) is 0 Å². The highest BCUT2D eigenvalue weighted by atomic mass is 16.3. The smallest absolute Gasteiger partial charge is 0.230 e. The molecule has 0 spiro atoms. The van der Waals surface area contributed by atoms with Crippen molar-refractivity contribution in [3.05, 3.63) is 24.5 Å². The van der Waals surface area contributed by atoms with E-state index in [0.717, 1.165) is 0 Å². The first-order valence-electron chi connectivity index (χ1n) is 3.19. The molecular weight excluding hydrogens is 142 g/mol. The van der Waals surface area contributed by atoms with Gasteiger partial charge in [0.2, 0.25) is 5.88 Å². The molecule has 2 rings (SSSR count). The average Bonchev–Trinajstić information content (AvgIpc) is 2.27. The molecule has 2 aromatic heterocycles. The van der Waals surface area contributed by atoms with Gasteiger partial charge in [-0.15, -0.1) is 0 Å². The fraction of sp³-hybridized carbons (Fsp3) is 0. The van der Waals surface area contributed by atoms with Gasteiger partial charge in [-0.25, -0.2) is 0 Å². The molecule has 4 heteroatoms. The van der Waals surface area contributed by atoms with E-state index in [1.807, 2.05) is 0 Å². The van der Waals surface area contributed by atoms with Crippen molar-refractivity contribution in [1.82, 2.24) is 9.38 Å². The Morgan fingerprint density at radius 3 is 3.18 bits per heavy atom. The minimum atomic E-state index is 0.00981. The van der Waals surface area contributed by atoms with Crippen LogP contribution in [0.3, 0.4) is 0 Å². The van der Waals surface area contributed by atoms with E-state index in [1.165, 1.54) is 6.20 Å². The highest BCUT2D eigenvalue weighted by molar-refractivity contribution is 5.52. The maximum atomic E-state index is 8.97. The molecule has 0 unspecified atom stereocenters. The maximum Gasteiger partial charge on any atom is 0.230 e. The minimum Gasteiger partial charge on any atom is -0.492 e. The van der Waals surface area contributed by atoms with Crippen LogP contribution < -0.4 is 5.73 Å². The molecule has 2 aromatic rings. The van der Waals surface area contributed by atoms with Gasteiger partial charge < -0.3 is 15.2 Å². The van der Waals surface area contributed by atoms with Gasteiger partial charge in [0.25, 0.3) is 0 Å². The molecule has 0 aromatic carbocycles. The van der Waals surface area contributed by atoms with Crippen molar-refractivity contribution < 1.29 is 5.11 Å². The molecular formula is C7H7N3O. The van der Waals surface area contributed by atoms with Gasteiger partial charge in [-0.3, -0.25) is 0 Å². The molecule has 0 radical (unpaired) electrons. The Bertz CT molecular complexity index is 393. The van der Waals surface area contributed by atoms with Gasteiger partial charge in [0, 0.05) is 18.0 Å². The zero-order valence-electron chi connectivity index (χ0n) is 5.73. The van der Waals surface area contributed by atoms with Crippen LogP contribution in [0.5, 0.6) is 5.88 Å². The summed E-state index contributed by atoms with van der Waals surface area (Å²) in [5.41, 5.74) is 6.80. The number of anilines is 1. The van der Waals surface area contributed by atoms with Crippen molar-refractivity contribution in [2.45, 2.75) is 0 Å². The summed E-state index contributed by atoms with van der Waals surface area (Å²) in [6.07, 6.45) is 3.27. The Kier molecular flexibility index (Phi) is 1.03. The second-order valence-electron chi connectivity index (χ2n) is 2.32. The van der Waals surface area contributed by atoms with E-state index in [-0.39, 0.29) is 5.88 Å². The quantitative estimate of drug-likeness (QED) is 0.577. The summed E-state index contributed by atoms with van der Waals surface area (Å²) in [5, 5.41) is 8.97. The number of nitrogens with zero attached hydrogens (tertiary/aromatic N) is 2. The standard InChI is InChI=1S/C7H7N3O/c8-5-1-2-10-4-7(11)9-6(10)3-5/h1-4,11H,8H2. The topological polar surface area (TPSA) is 63.5 Å². The van der Waals surface area contributed by atoms with Crippen LogP contribution in [0, 0.1) is 0 Å². The zero-order valence-corrected chi connectivity index (χ0v) is 5.73. The first-order valence-corrected chi connectivity index (χ1v) is 3.19. The normalized spacial score (nSPS) is 10.5. The molecule has 4 nitrogen and oxygen atoms in total. The number of imidazole rings is 1. The van der Waals surface area contributed by atoms with E-state index in [2.05, 4.69) is 4.98 Å². The number of aromatic hydroxyl groups is 1. The lowest BCUT2D eigenvalue weighted by atomic mass is 10.4. The molecule has 56 valence electrons. The molecule has 0 bridgehead atoms. The van der Waals surface area contributed by atoms with E-state index in [4.69, 9.17) is 10.8 Å². The number of pyridine rings is 1. The summed E-state index contributed by atoms with van der Waals surface area (Å²) in [5.74, 6) is 0.00981. The molecule has 0 aliphatic carbocycles. The van der Waals surface area contributed by atoms with Crippen LogP contribution >= 0.6 is 0 Å². The number of hydrogen-bond donors (Lipinski definition) is 2. The van der Waals surface area contributed by atoms with Crippen molar-refractivity contribution in [3.63, 3.8) is 0 Å². The van der Waals surface area contributed by atoms with Gasteiger partial charge in [-0.05, 0) is 6.07 Å². The van der Waals surface area contributed by atoms with Crippen LogP contribution in [-0.4, -0.2) is 14.5 Å². The maximum absolute atomic E-state index is 8.97. The predicted molar refractivity (Wildman–Crippen MR) is 41.3 cm³/mol. The van der Waals surface area contributed by atoms with E-state index in [0.29, 0.717) is 11.3 Å². The van der Waals surface area contributed by atoms with Crippen molar-refractivity contribution >= 4 is 11.3 Å². The SMILES string of the molecule is Nc1ccn2cc(O)nc2c1. The molecule has 0 aliphatic heterocycles. The Hall–Kier alpha value is -1.71. The summed E-state index contributed by atoms with van der Waals surface area (Å²) >= 11 is 0.